The van der Waals surface area contributed by atoms with Gasteiger partial charge in [0.05, 0.1) is 80.0 Å². The number of hydrogen-bond donors (Lipinski definition) is 0. The van der Waals surface area contributed by atoms with E-state index in [4.69, 9.17) is 19.9 Å². The van der Waals surface area contributed by atoms with Crippen LogP contribution in [0.25, 0.3) is 160 Å². The average Bonchev–Trinajstić information content (AvgIpc) is 1.54. The number of hydrogen-bond acceptors (Lipinski definition) is 5. The lowest BCUT2D eigenvalue weighted by atomic mass is 9.96. The van der Waals surface area contributed by atoms with Crippen molar-refractivity contribution < 1.29 is 13.2 Å². The van der Waals surface area contributed by atoms with Gasteiger partial charge in [-0.25, -0.2) is 4.85 Å². The first-order valence-corrected chi connectivity index (χ1v) is 30.5. The molecule has 0 amide bonds. The molecular weight excluding hydrogens is 1170 g/mol. The normalized spacial score (nSPS) is 11.5. The van der Waals surface area contributed by atoms with E-state index in [1.165, 1.54) is 6.07 Å². The van der Waals surface area contributed by atoms with Crippen molar-refractivity contribution in [2.75, 3.05) is 0 Å². The Labute approximate surface area is 538 Å². The Bertz CT molecular complexity index is 5470. The Morgan fingerprint density at radius 2 is 0.681 bits per heavy atom. The van der Waals surface area contributed by atoms with Gasteiger partial charge in [0.25, 0.3) is 0 Å². The van der Waals surface area contributed by atoms with Gasteiger partial charge in [0, 0.05) is 68.6 Å². The van der Waals surface area contributed by atoms with Crippen LogP contribution in [0.1, 0.15) is 11.1 Å². The molecule has 0 atom stereocenters. The third-order valence-corrected chi connectivity index (χ3v) is 17.6. The number of rotatable bonds is 11. The zero-order chi connectivity index (χ0) is 63.4. The number of benzene rings is 10. The van der Waals surface area contributed by atoms with Crippen LogP contribution in [0.4, 0.5) is 18.9 Å². The standard InChI is InChI=1S/C83H49F3N8/c1-88-81-76(93-77-47-57(61-32-36-89-72(43-61)53-14-6-2-7-15-53)22-26-68(77)69-27-23-58(48-78(69)93)62-33-37-90-73(44-62)54-16-8-3-9-17-54)31-30-67(65-40-52(51-87)41-66(42-65)83(84,85)86)82(81)94-79-49-59(63-34-38-91-74(45-63)55-18-10-4-11-19-55)24-28-70(79)71-29-25-60(50-80(71)94)64-35-39-92-75(46-64)56-20-12-5-13-21-56/h2-50H. The van der Waals surface area contributed by atoms with Gasteiger partial charge in [0.2, 0.25) is 5.69 Å². The maximum absolute atomic E-state index is 15.3. The summed E-state index contributed by atoms with van der Waals surface area (Å²) < 4.78 is 50.1. The molecule has 0 fully saturated rings. The van der Waals surface area contributed by atoms with Gasteiger partial charge in [-0.2, -0.15) is 18.4 Å². The summed E-state index contributed by atoms with van der Waals surface area (Å²) in [6, 6.07) is 90.4. The molecule has 0 unspecified atom stereocenters. The smallest absolute Gasteiger partial charge is 0.319 e. The first-order chi connectivity index (χ1) is 46.1. The van der Waals surface area contributed by atoms with Crippen LogP contribution in [0.5, 0.6) is 0 Å². The van der Waals surface area contributed by atoms with Crippen molar-refractivity contribution in [3.05, 3.63) is 320 Å². The van der Waals surface area contributed by atoms with Crippen LogP contribution in [-0.4, -0.2) is 29.1 Å². The highest BCUT2D eigenvalue weighted by molar-refractivity contribution is 6.15. The Balaban J connectivity index is 1.02. The van der Waals surface area contributed by atoms with Gasteiger partial charge in [-0.15, -0.1) is 0 Å². The van der Waals surface area contributed by atoms with E-state index in [0.717, 1.165) is 134 Å². The Morgan fingerprint density at radius 1 is 0.340 bits per heavy atom. The van der Waals surface area contributed by atoms with Crippen LogP contribution in [0.3, 0.4) is 0 Å². The SMILES string of the molecule is [C-]#[N+]c1c(-n2c3cc(-c4ccnc(-c5ccccc5)c4)ccc3c3ccc(-c4ccnc(-c5ccccc5)c4)cc32)ccc(-c2cc(C#N)cc(C(F)(F)F)c2)c1-n1c2cc(-c3ccnc(-c4ccccc4)c3)ccc2c2ccc(-c3ccnc(-c4ccccc4)c3)cc21. The summed E-state index contributed by atoms with van der Waals surface area (Å²) in [7, 11) is 0. The Hall–Kier alpha value is -12.8. The molecule has 94 heavy (non-hydrogen) atoms. The minimum Gasteiger partial charge on any atom is -0.319 e. The van der Waals surface area contributed by atoms with Crippen molar-refractivity contribution >= 4 is 49.3 Å². The molecule has 0 bridgehead atoms. The van der Waals surface area contributed by atoms with Crippen molar-refractivity contribution in [2.24, 2.45) is 0 Å². The van der Waals surface area contributed by atoms with E-state index in [-0.39, 0.29) is 16.8 Å². The second kappa shape index (κ2) is 23.2. The number of fused-ring (bicyclic) bond motifs is 6. The van der Waals surface area contributed by atoms with Crippen LogP contribution in [0.15, 0.2) is 298 Å². The lowest BCUT2D eigenvalue weighted by Gasteiger charge is -2.21. The largest absolute Gasteiger partial charge is 0.416 e. The number of halogens is 3. The zero-order valence-electron chi connectivity index (χ0n) is 50.0. The van der Waals surface area contributed by atoms with Gasteiger partial charge >= 0.3 is 6.18 Å². The molecule has 0 spiro atoms. The van der Waals surface area contributed by atoms with Crippen molar-refractivity contribution in [3.8, 4) is 118 Å². The maximum atomic E-state index is 15.3. The summed E-state index contributed by atoms with van der Waals surface area (Å²) in [6.45, 7) is 9.71. The first-order valence-electron chi connectivity index (χ1n) is 30.5. The molecule has 6 heterocycles. The maximum Gasteiger partial charge on any atom is 0.416 e. The number of nitriles is 1. The van der Waals surface area contributed by atoms with Crippen molar-refractivity contribution in [2.45, 2.75) is 6.18 Å². The predicted octanol–water partition coefficient (Wildman–Crippen LogP) is 21.9. The molecule has 0 saturated carbocycles. The van der Waals surface area contributed by atoms with Gasteiger partial charge in [-0.1, -0.05) is 176 Å². The van der Waals surface area contributed by atoms with Gasteiger partial charge in [-0.3, -0.25) is 19.9 Å². The summed E-state index contributed by atoms with van der Waals surface area (Å²) in [5.41, 5.74) is 17.1. The average molecular weight is 1220 g/mol. The molecule has 16 rings (SSSR count). The summed E-state index contributed by atoms with van der Waals surface area (Å²) in [5, 5.41) is 14.0. The highest BCUT2D eigenvalue weighted by Gasteiger charge is 2.33. The third kappa shape index (κ3) is 10.2. The van der Waals surface area contributed by atoms with E-state index in [1.54, 1.807) is 18.5 Å². The second-order valence-electron chi connectivity index (χ2n) is 23.1. The predicted molar refractivity (Wildman–Crippen MR) is 371 cm³/mol. The fraction of sp³-hybridized carbons (Fsp3) is 0.0120. The van der Waals surface area contributed by atoms with E-state index in [9.17, 15) is 11.8 Å². The van der Waals surface area contributed by atoms with Crippen molar-refractivity contribution in [3.63, 3.8) is 0 Å². The van der Waals surface area contributed by atoms with E-state index in [2.05, 4.69) is 94.3 Å². The molecule has 0 N–H and O–H groups in total. The molecule has 0 aliphatic rings. The quantitative estimate of drug-likeness (QED) is 0.120. The molecule has 0 saturated heterocycles. The number of pyridine rings is 4. The fourth-order valence-electron chi connectivity index (χ4n) is 13.1. The fourth-order valence-corrected chi connectivity index (χ4v) is 13.1. The van der Waals surface area contributed by atoms with E-state index in [1.807, 2.05) is 187 Å². The van der Waals surface area contributed by atoms with Crippen LogP contribution >= 0.6 is 0 Å². The highest BCUT2D eigenvalue weighted by atomic mass is 19.4. The van der Waals surface area contributed by atoms with Crippen molar-refractivity contribution in [1.29, 1.82) is 5.26 Å². The zero-order valence-corrected chi connectivity index (χ0v) is 50.0. The lowest BCUT2D eigenvalue weighted by Crippen LogP contribution is -2.07. The molecular formula is C83H49F3N8. The van der Waals surface area contributed by atoms with E-state index >= 15 is 13.2 Å². The Kier molecular flexibility index (Phi) is 13.9. The van der Waals surface area contributed by atoms with Gasteiger partial charge in [-0.05, 0) is 153 Å². The molecule has 16 aromatic rings. The van der Waals surface area contributed by atoms with E-state index < -0.39 is 11.7 Å². The number of nitrogens with zero attached hydrogens (tertiary/aromatic N) is 8. The van der Waals surface area contributed by atoms with Crippen LogP contribution in [0, 0.1) is 17.9 Å². The van der Waals surface area contributed by atoms with E-state index in [0.29, 0.717) is 28.0 Å². The summed E-state index contributed by atoms with van der Waals surface area (Å²) in [5.74, 6) is 0. The molecule has 6 aromatic heterocycles. The van der Waals surface area contributed by atoms with Crippen LogP contribution in [0.2, 0.25) is 0 Å². The van der Waals surface area contributed by atoms with Gasteiger partial charge < -0.3 is 9.13 Å². The summed E-state index contributed by atoms with van der Waals surface area (Å²) in [6.07, 6.45) is 2.38. The topological polar surface area (TPSA) is 89.6 Å². The molecule has 442 valence electrons. The molecule has 11 heteroatoms. The summed E-state index contributed by atoms with van der Waals surface area (Å²) >= 11 is 0. The molecule has 0 aliphatic carbocycles. The third-order valence-electron chi connectivity index (χ3n) is 17.6. The molecule has 0 aliphatic heterocycles. The molecule has 10 aromatic carbocycles. The lowest BCUT2D eigenvalue weighted by molar-refractivity contribution is -0.137. The number of aromatic nitrogens is 6. The number of alkyl halides is 3. The van der Waals surface area contributed by atoms with Crippen LogP contribution < -0.4 is 0 Å². The second-order valence-corrected chi connectivity index (χ2v) is 23.1. The molecule has 8 nitrogen and oxygen atoms in total. The minimum atomic E-state index is -4.82. The highest BCUT2D eigenvalue weighted by Crippen LogP contribution is 2.49. The Morgan fingerprint density at radius 3 is 1.01 bits per heavy atom. The first kappa shape index (κ1) is 56.4. The van der Waals surface area contributed by atoms with Gasteiger partial charge in [0.1, 0.15) is 0 Å². The van der Waals surface area contributed by atoms with Crippen LogP contribution in [-0.2, 0) is 6.18 Å². The monoisotopic (exact) mass is 1210 g/mol. The van der Waals surface area contributed by atoms with Gasteiger partial charge in [0.15, 0.2) is 0 Å². The van der Waals surface area contributed by atoms with Crippen molar-refractivity contribution in [1.82, 2.24) is 29.1 Å². The minimum absolute atomic E-state index is 0.106. The molecule has 0 radical (unpaired) electrons. The summed E-state index contributed by atoms with van der Waals surface area (Å²) in [4.78, 5) is 23.7.